The van der Waals surface area contributed by atoms with Crippen LogP contribution < -0.4 is 10.6 Å². The minimum atomic E-state index is -0.541. The van der Waals surface area contributed by atoms with Crippen molar-refractivity contribution >= 4 is 17.3 Å². The number of rotatable bonds is 7. The van der Waals surface area contributed by atoms with Gasteiger partial charge in [-0.15, -0.1) is 0 Å². The van der Waals surface area contributed by atoms with Crippen LogP contribution in [-0.2, 0) is 4.74 Å². The van der Waals surface area contributed by atoms with Crippen LogP contribution in [0.15, 0.2) is 41.0 Å². The molecule has 1 aromatic heterocycles. The molecule has 0 bridgehead atoms. The zero-order valence-electron chi connectivity index (χ0n) is 12.7. The van der Waals surface area contributed by atoms with Crippen LogP contribution >= 0.6 is 0 Å². The lowest BCUT2D eigenvalue weighted by Gasteiger charge is -2.17. The Morgan fingerprint density at radius 1 is 1.43 bits per heavy atom. The Balaban J connectivity index is 2.33. The van der Waals surface area contributed by atoms with Gasteiger partial charge in [0.15, 0.2) is 0 Å². The summed E-state index contributed by atoms with van der Waals surface area (Å²) in [5.41, 5.74) is 0.297. The molecule has 0 fully saturated rings. The molecule has 1 unspecified atom stereocenters. The van der Waals surface area contributed by atoms with E-state index < -0.39 is 4.92 Å². The second kappa shape index (κ2) is 7.41. The van der Waals surface area contributed by atoms with Crippen molar-refractivity contribution in [3.05, 3.63) is 58.0 Å². The van der Waals surface area contributed by atoms with Gasteiger partial charge in [0.25, 0.3) is 11.6 Å². The van der Waals surface area contributed by atoms with Crippen molar-refractivity contribution < 1.29 is 18.9 Å². The third kappa shape index (κ3) is 3.86. The highest BCUT2D eigenvalue weighted by atomic mass is 16.6. The van der Waals surface area contributed by atoms with Gasteiger partial charge in [-0.05, 0) is 24.3 Å². The number of furan rings is 1. The zero-order chi connectivity index (χ0) is 16.8. The molecule has 1 heterocycles. The summed E-state index contributed by atoms with van der Waals surface area (Å²) >= 11 is 0. The van der Waals surface area contributed by atoms with Gasteiger partial charge in [0.2, 0.25) is 0 Å². The lowest BCUT2D eigenvalue weighted by molar-refractivity contribution is -0.384. The lowest BCUT2D eigenvalue weighted by atomic mass is 10.1. The number of nitro benzene ring substituents is 1. The number of hydrogen-bond acceptors (Lipinski definition) is 6. The normalized spacial score (nSPS) is 11.7. The molecule has 23 heavy (non-hydrogen) atoms. The number of anilines is 1. The van der Waals surface area contributed by atoms with Crippen LogP contribution in [0.5, 0.6) is 0 Å². The molecule has 0 spiro atoms. The van der Waals surface area contributed by atoms with Crippen molar-refractivity contribution in [3.8, 4) is 0 Å². The van der Waals surface area contributed by atoms with Gasteiger partial charge in [0.05, 0.1) is 17.8 Å². The van der Waals surface area contributed by atoms with Crippen molar-refractivity contribution in [2.24, 2.45) is 0 Å². The number of nitrogens with zero attached hydrogens (tertiary/aromatic N) is 1. The largest absolute Gasteiger partial charge is 0.467 e. The average Bonchev–Trinajstić information content (AvgIpc) is 3.08. The van der Waals surface area contributed by atoms with Crippen LogP contribution in [0.2, 0.25) is 0 Å². The van der Waals surface area contributed by atoms with Gasteiger partial charge in [0.1, 0.15) is 17.5 Å². The first kappa shape index (κ1) is 16.5. The quantitative estimate of drug-likeness (QED) is 0.599. The number of carbonyl (C=O) groups excluding carboxylic acids is 1. The fourth-order valence-electron chi connectivity index (χ4n) is 2.13. The van der Waals surface area contributed by atoms with E-state index in [-0.39, 0.29) is 35.5 Å². The minimum absolute atomic E-state index is 0.196. The van der Waals surface area contributed by atoms with E-state index in [0.717, 1.165) is 0 Å². The summed E-state index contributed by atoms with van der Waals surface area (Å²) in [7, 11) is 2.99. The minimum Gasteiger partial charge on any atom is -0.467 e. The van der Waals surface area contributed by atoms with Gasteiger partial charge in [-0.1, -0.05) is 0 Å². The number of carbonyl (C=O) groups is 1. The molecule has 1 atom stereocenters. The molecule has 0 aliphatic rings. The first-order valence-corrected chi connectivity index (χ1v) is 6.86. The molecule has 1 amide bonds. The van der Waals surface area contributed by atoms with Crippen LogP contribution in [0.3, 0.4) is 0 Å². The number of nitro groups is 1. The smallest absolute Gasteiger partial charge is 0.293 e. The monoisotopic (exact) mass is 319 g/mol. The first-order valence-electron chi connectivity index (χ1n) is 6.86. The van der Waals surface area contributed by atoms with E-state index in [1.165, 1.54) is 38.6 Å². The van der Waals surface area contributed by atoms with E-state index in [2.05, 4.69) is 10.6 Å². The summed E-state index contributed by atoms with van der Waals surface area (Å²) in [6.45, 7) is 0.266. The number of amides is 1. The SMILES string of the molecule is CNC(=O)c1ccc(NC(COC)c2ccco2)c([N+](=O)[O-])c1. The summed E-state index contributed by atoms with van der Waals surface area (Å²) in [5, 5.41) is 16.7. The summed E-state index contributed by atoms with van der Waals surface area (Å²) in [6.07, 6.45) is 1.52. The Morgan fingerprint density at radius 2 is 2.22 bits per heavy atom. The summed E-state index contributed by atoms with van der Waals surface area (Å²) < 4.78 is 10.4. The molecule has 122 valence electrons. The highest BCUT2D eigenvalue weighted by Gasteiger charge is 2.21. The predicted octanol–water partition coefficient (Wildman–Crippen LogP) is 2.35. The maximum Gasteiger partial charge on any atom is 0.293 e. The molecular weight excluding hydrogens is 302 g/mol. The summed E-state index contributed by atoms with van der Waals surface area (Å²) in [6, 6.07) is 7.32. The van der Waals surface area contributed by atoms with Crippen LogP contribution in [0.1, 0.15) is 22.2 Å². The van der Waals surface area contributed by atoms with Gasteiger partial charge in [-0.2, -0.15) is 0 Å². The van der Waals surface area contributed by atoms with Gasteiger partial charge in [-0.3, -0.25) is 14.9 Å². The average molecular weight is 319 g/mol. The number of nitrogens with one attached hydrogen (secondary N) is 2. The van der Waals surface area contributed by atoms with Crippen molar-refractivity contribution in [2.75, 3.05) is 26.1 Å². The predicted molar refractivity (Wildman–Crippen MR) is 83.4 cm³/mol. The molecule has 0 aliphatic carbocycles. The number of hydrogen-bond donors (Lipinski definition) is 2. The van der Waals surface area contributed by atoms with Crippen LogP contribution in [0.25, 0.3) is 0 Å². The van der Waals surface area contributed by atoms with Crippen molar-refractivity contribution in [2.45, 2.75) is 6.04 Å². The van der Waals surface area contributed by atoms with Gasteiger partial charge < -0.3 is 19.8 Å². The van der Waals surface area contributed by atoms with Gasteiger partial charge in [0, 0.05) is 25.8 Å². The van der Waals surface area contributed by atoms with Crippen molar-refractivity contribution in [3.63, 3.8) is 0 Å². The zero-order valence-corrected chi connectivity index (χ0v) is 12.7. The van der Waals surface area contributed by atoms with Crippen LogP contribution in [0.4, 0.5) is 11.4 Å². The Bertz CT molecular complexity index is 684. The molecule has 8 heteroatoms. The number of benzene rings is 1. The molecule has 8 nitrogen and oxygen atoms in total. The van der Waals surface area contributed by atoms with Crippen LogP contribution in [0, 0.1) is 10.1 Å². The van der Waals surface area contributed by atoms with Crippen molar-refractivity contribution in [1.82, 2.24) is 5.32 Å². The molecule has 2 aromatic rings. The molecule has 0 saturated heterocycles. The van der Waals surface area contributed by atoms with Crippen molar-refractivity contribution in [1.29, 1.82) is 0 Å². The Morgan fingerprint density at radius 3 is 2.78 bits per heavy atom. The summed E-state index contributed by atoms with van der Waals surface area (Å²) in [4.78, 5) is 22.4. The lowest BCUT2D eigenvalue weighted by Crippen LogP contribution is -2.19. The highest BCUT2D eigenvalue weighted by molar-refractivity contribution is 5.95. The fourth-order valence-corrected chi connectivity index (χ4v) is 2.13. The van der Waals surface area contributed by atoms with E-state index in [1.807, 2.05) is 0 Å². The van der Waals surface area contributed by atoms with E-state index in [1.54, 1.807) is 12.1 Å². The van der Waals surface area contributed by atoms with E-state index in [0.29, 0.717) is 5.76 Å². The van der Waals surface area contributed by atoms with Crippen LogP contribution in [-0.4, -0.2) is 31.6 Å². The highest BCUT2D eigenvalue weighted by Crippen LogP contribution is 2.29. The number of methoxy groups -OCH3 is 1. The molecule has 2 rings (SSSR count). The standard InChI is InChI=1S/C15H17N3O5/c1-16-15(19)10-5-6-11(13(8-10)18(20)21)17-12(9-22-2)14-4-3-7-23-14/h3-8,12,17H,9H2,1-2H3,(H,16,19). The van der Waals surface area contributed by atoms with E-state index in [9.17, 15) is 14.9 Å². The Kier molecular flexibility index (Phi) is 5.32. The molecule has 0 saturated carbocycles. The Hall–Kier alpha value is -2.87. The first-order chi connectivity index (χ1) is 11.1. The molecule has 0 aliphatic heterocycles. The summed E-state index contributed by atoms with van der Waals surface area (Å²) in [5.74, 6) is 0.204. The van der Waals surface area contributed by atoms with E-state index >= 15 is 0 Å². The third-order valence-corrected chi connectivity index (χ3v) is 3.23. The molecule has 0 radical (unpaired) electrons. The number of ether oxygens (including phenoxy) is 1. The topological polar surface area (TPSA) is 107 Å². The fraction of sp³-hybridized carbons (Fsp3) is 0.267. The molecular formula is C15H17N3O5. The second-order valence-corrected chi connectivity index (χ2v) is 4.74. The Labute approximate surface area is 132 Å². The molecule has 1 aromatic carbocycles. The third-order valence-electron chi connectivity index (χ3n) is 3.23. The maximum absolute atomic E-state index is 11.6. The van der Waals surface area contributed by atoms with E-state index in [4.69, 9.17) is 9.15 Å². The molecule has 2 N–H and O–H groups in total. The van der Waals surface area contributed by atoms with Gasteiger partial charge >= 0.3 is 0 Å². The van der Waals surface area contributed by atoms with Gasteiger partial charge in [-0.25, -0.2) is 0 Å². The second-order valence-electron chi connectivity index (χ2n) is 4.74. The maximum atomic E-state index is 11.6.